The Morgan fingerprint density at radius 1 is 0.731 bits per heavy atom. The van der Waals surface area contributed by atoms with E-state index in [-0.39, 0.29) is 22.5 Å². The summed E-state index contributed by atoms with van der Waals surface area (Å²) in [7, 11) is -3.33. The van der Waals surface area contributed by atoms with Crippen LogP contribution in [-0.2, 0) is 20.2 Å². The lowest BCUT2D eigenvalue weighted by Crippen LogP contribution is -2.06. The normalized spacial score (nSPS) is 11.8. The Balaban J connectivity index is 0.000000765. The van der Waals surface area contributed by atoms with Crippen molar-refractivity contribution >= 4 is 31.6 Å². The summed E-state index contributed by atoms with van der Waals surface area (Å²) in [5.41, 5.74) is 10.8. The zero-order valence-electron chi connectivity index (χ0n) is 14.4. The number of rotatable bonds is 3. The maximum atomic E-state index is 11.5. The van der Waals surface area contributed by atoms with Crippen LogP contribution in [0.3, 0.4) is 0 Å². The van der Waals surface area contributed by atoms with Gasteiger partial charge in [0.15, 0.2) is 0 Å². The number of nitrogens with zero attached hydrogens (tertiary/aromatic N) is 1. The lowest BCUT2D eigenvalue weighted by molar-refractivity contribution is 0.480. The van der Waals surface area contributed by atoms with E-state index < -0.39 is 30.0 Å². The topological polar surface area (TPSA) is 164 Å². The number of nitrogens with two attached hydrogens (primary N) is 2. The van der Waals surface area contributed by atoms with Gasteiger partial charge in [-0.05, 0) is 45.4 Å². The molecule has 0 unspecified atom stereocenters. The Labute approximate surface area is 152 Å². The second-order valence-electron chi connectivity index (χ2n) is 5.80. The predicted molar refractivity (Wildman–Crippen MR) is 99.9 cm³/mol. The fraction of sp³-hybridized carbons (Fsp3) is 0.200. The zero-order valence-corrected chi connectivity index (χ0v) is 16.0. The van der Waals surface area contributed by atoms with Crippen molar-refractivity contribution in [2.75, 3.05) is 32.6 Å². The molecular weight excluding hydrogens is 382 g/mol. The van der Waals surface area contributed by atoms with Crippen LogP contribution < -0.4 is 11.5 Å². The van der Waals surface area contributed by atoms with Crippen LogP contribution in [0.25, 0.3) is 11.1 Å². The van der Waals surface area contributed by atoms with Crippen LogP contribution >= 0.6 is 0 Å². The summed E-state index contributed by atoms with van der Waals surface area (Å²) in [5, 5.41) is 0. The number of nitrogen functional groups attached to an aromatic ring is 2. The highest BCUT2D eigenvalue weighted by molar-refractivity contribution is 7.86. The van der Waals surface area contributed by atoms with E-state index in [1.165, 1.54) is 24.3 Å². The highest BCUT2D eigenvalue weighted by atomic mass is 32.2. The number of hydrogen-bond donors (Lipinski definition) is 4. The van der Waals surface area contributed by atoms with Gasteiger partial charge in [0.2, 0.25) is 0 Å². The Morgan fingerprint density at radius 2 is 1.00 bits per heavy atom. The average molecular weight is 403 g/mol. The van der Waals surface area contributed by atoms with Crippen molar-refractivity contribution < 1.29 is 25.9 Å². The molecule has 0 spiro atoms. The Kier molecular flexibility index (Phi) is 6.74. The summed E-state index contributed by atoms with van der Waals surface area (Å²) in [5.74, 6) is 0. The van der Waals surface area contributed by atoms with E-state index >= 15 is 0 Å². The molecule has 0 saturated carbocycles. The minimum absolute atomic E-state index is 0.0558. The number of benzene rings is 2. The molecule has 2 rings (SSSR count). The first-order chi connectivity index (χ1) is 11.7. The maximum absolute atomic E-state index is 11.5. The first-order valence-corrected chi connectivity index (χ1v) is 9.97. The summed E-state index contributed by atoms with van der Waals surface area (Å²) >= 11 is 0. The van der Waals surface area contributed by atoms with Crippen LogP contribution in [0, 0.1) is 0 Å². The van der Waals surface area contributed by atoms with Gasteiger partial charge in [-0.1, -0.05) is 12.1 Å². The van der Waals surface area contributed by atoms with Gasteiger partial charge in [0.05, 0.1) is 0 Å². The highest BCUT2D eigenvalue weighted by Gasteiger charge is 2.23. The first-order valence-electron chi connectivity index (χ1n) is 7.09. The predicted octanol–water partition coefficient (Wildman–Crippen LogP) is 1.19. The van der Waals surface area contributed by atoms with E-state index in [9.17, 15) is 25.9 Å². The molecule has 0 aliphatic rings. The van der Waals surface area contributed by atoms with E-state index in [0.29, 0.717) is 0 Å². The summed E-state index contributed by atoms with van der Waals surface area (Å²) in [6.07, 6.45) is 0. The molecule has 2 aromatic carbocycles. The number of anilines is 2. The molecule has 26 heavy (non-hydrogen) atoms. The van der Waals surface area contributed by atoms with Crippen LogP contribution in [0.1, 0.15) is 0 Å². The lowest BCUT2D eigenvalue weighted by Gasteiger charge is -2.12. The fourth-order valence-electron chi connectivity index (χ4n) is 1.95. The van der Waals surface area contributed by atoms with Crippen molar-refractivity contribution in [3.8, 4) is 11.1 Å². The van der Waals surface area contributed by atoms with Crippen LogP contribution in [0.15, 0.2) is 46.2 Å². The summed E-state index contributed by atoms with van der Waals surface area (Å²) in [6.45, 7) is 0. The highest BCUT2D eigenvalue weighted by Crippen LogP contribution is 2.34. The van der Waals surface area contributed by atoms with Crippen LogP contribution in [0.4, 0.5) is 11.4 Å². The standard InChI is InChI=1S/C12H12N2O6S2.C3H9N/c13-7-1-3-9(11(5-7)21(15,16)17)10-4-2-8(14)6-12(10)22(18,19)20;1-4(2)3/h1-6H,13-14H2,(H,15,16,17)(H,18,19,20);1-3H3. The molecule has 0 bridgehead atoms. The van der Waals surface area contributed by atoms with Gasteiger partial charge in [-0.3, -0.25) is 9.11 Å². The lowest BCUT2D eigenvalue weighted by atomic mass is 10.0. The summed E-state index contributed by atoms with van der Waals surface area (Å²) in [4.78, 5) is 0.837. The Bertz CT molecular complexity index is 920. The van der Waals surface area contributed by atoms with Crippen molar-refractivity contribution in [2.45, 2.75) is 9.79 Å². The Hall–Kier alpha value is -2.18. The average Bonchev–Trinajstić information content (AvgIpc) is 2.45. The van der Waals surface area contributed by atoms with Gasteiger partial charge in [-0.25, -0.2) is 0 Å². The van der Waals surface area contributed by atoms with E-state index in [4.69, 9.17) is 11.5 Å². The molecule has 0 saturated heterocycles. The van der Waals surface area contributed by atoms with Gasteiger partial charge in [0, 0.05) is 22.5 Å². The molecule has 0 aliphatic heterocycles. The van der Waals surface area contributed by atoms with Gasteiger partial charge in [-0.2, -0.15) is 16.8 Å². The Morgan fingerprint density at radius 3 is 1.23 bits per heavy atom. The molecule has 0 aliphatic carbocycles. The summed E-state index contributed by atoms with van der Waals surface area (Å²) < 4.78 is 64.4. The third-order valence-electron chi connectivity index (χ3n) is 2.86. The molecule has 0 heterocycles. The van der Waals surface area contributed by atoms with Crippen molar-refractivity contribution in [1.82, 2.24) is 4.90 Å². The van der Waals surface area contributed by atoms with Crippen molar-refractivity contribution in [3.63, 3.8) is 0 Å². The molecule has 0 aromatic heterocycles. The number of hydrogen-bond acceptors (Lipinski definition) is 7. The van der Waals surface area contributed by atoms with Crippen LogP contribution in [0.2, 0.25) is 0 Å². The van der Waals surface area contributed by atoms with Crippen LogP contribution in [-0.4, -0.2) is 52.0 Å². The van der Waals surface area contributed by atoms with E-state index in [0.717, 1.165) is 12.1 Å². The van der Waals surface area contributed by atoms with Gasteiger partial charge >= 0.3 is 0 Å². The molecule has 0 amide bonds. The molecule has 11 heteroatoms. The third kappa shape index (κ3) is 5.97. The van der Waals surface area contributed by atoms with Crippen molar-refractivity contribution in [3.05, 3.63) is 36.4 Å². The van der Waals surface area contributed by atoms with E-state index in [2.05, 4.69) is 0 Å². The molecular formula is C15H21N3O6S2. The van der Waals surface area contributed by atoms with Crippen LogP contribution in [0.5, 0.6) is 0 Å². The minimum Gasteiger partial charge on any atom is -0.399 e. The van der Waals surface area contributed by atoms with Crippen molar-refractivity contribution in [2.24, 2.45) is 0 Å². The van der Waals surface area contributed by atoms with Crippen molar-refractivity contribution in [1.29, 1.82) is 0 Å². The largest absolute Gasteiger partial charge is 0.399 e. The molecule has 0 radical (unpaired) electrons. The minimum atomic E-state index is -4.66. The molecule has 0 fully saturated rings. The first kappa shape index (κ1) is 21.9. The smallest absolute Gasteiger partial charge is 0.295 e. The molecule has 6 N–H and O–H groups in total. The third-order valence-corrected chi connectivity index (χ3v) is 4.64. The second-order valence-corrected chi connectivity index (χ2v) is 8.58. The van der Waals surface area contributed by atoms with Gasteiger partial charge in [0.25, 0.3) is 20.2 Å². The molecule has 144 valence electrons. The zero-order chi connectivity index (χ0) is 20.3. The summed E-state index contributed by atoms with van der Waals surface area (Å²) in [6, 6.07) is 7.06. The fourth-order valence-corrected chi connectivity index (χ4v) is 3.43. The maximum Gasteiger partial charge on any atom is 0.295 e. The van der Waals surface area contributed by atoms with E-state index in [1.807, 2.05) is 26.0 Å². The van der Waals surface area contributed by atoms with Gasteiger partial charge in [0.1, 0.15) is 9.79 Å². The molecule has 0 atom stereocenters. The van der Waals surface area contributed by atoms with E-state index in [1.54, 1.807) is 0 Å². The van der Waals surface area contributed by atoms with Gasteiger partial charge < -0.3 is 16.4 Å². The SMILES string of the molecule is CN(C)C.Nc1ccc(-c2ccc(N)cc2S(=O)(=O)O)c(S(=O)(=O)O)c1. The monoisotopic (exact) mass is 403 g/mol. The molecule has 2 aromatic rings. The quantitative estimate of drug-likeness (QED) is 0.435. The molecule has 9 nitrogen and oxygen atoms in total. The second kappa shape index (κ2) is 8.01. The van der Waals surface area contributed by atoms with Gasteiger partial charge in [-0.15, -0.1) is 0 Å².